The van der Waals surface area contributed by atoms with Gasteiger partial charge in [-0.3, -0.25) is 0 Å². The number of nitrogens with zero attached hydrogens (tertiary/aromatic N) is 1. The molecule has 106 valence electrons. The van der Waals surface area contributed by atoms with E-state index in [1.54, 1.807) is 23.5 Å². The van der Waals surface area contributed by atoms with Crippen molar-refractivity contribution in [2.45, 2.75) is 36.8 Å². The Morgan fingerprint density at radius 1 is 1.35 bits per heavy atom. The summed E-state index contributed by atoms with van der Waals surface area (Å²) in [5.41, 5.74) is 1.42. The van der Waals surface area contributed by atoms with E-state index in [1.807, 2.05) is 12.1 Å². The third-order valence-electron chi connectivity index (χ3n) is 2.69. The Morgan fingerprint density at radius 2 is 2.05 bits per heavy atom. The van der Waals surface area contributed by atoms with Gasteiger partial charge < -0.3 is 5.11 Å². The SMILES string of the molecule is CC(C)(C)c1nc(CSc2ccccc2C(=O)O)cs1. The van der Waals surface area contributed by atoms with Gasteiger partial charge in [0.25, 0.3) is 0 Å². The van der Waals surface area contributed by atoms with Crippen LogP contribution in [-0.4, -0.2) is 16.1 Å². The van der Waals surface area contributed by atoms with E-state index in [1.165, 1.54) is 11.8 Å². The Labute approximate surface area is 127 Å². The molecule has 0 saturated heterocycles. The maximum Gasteiger partial charge on any atom is 0.336 e. The number of hydrogen-bond acceptors (Lipinski definition) is 4. The number of benzene rings is 1. The summed E-state index contributed by atoms with van der Waals surface area (Å²) in [6.45, 7) is 6.42. The third-order valence-corrected chi connectivity index (χ3v) is 5.11. The second-order valence-corrected chi connectivity index (χ2v) is 7.36. The summed E-state index contributed by atoms with van der Waals surface area (Å²) in [5.74, 6) is -0.196. The molecule has 0 unspecified atom stereocenters. The smallest absolute Gasteiger partial charge is 0.336 e. The van der Waals surface area contributed by atoms with Crippen LogP contribution in [0.2, 0.25) is 0 Å². The summed E-state index contributed by atoms with van der Waals surface area (Å²) in [6, 6.07) is 7.07. The highest BCUT2D eigenvalue weighted by atomic mass is 32.2. The number of carboxylic acid groups (broad SMARTS) is 1. The monoisotopic (exact) mass is 307 g/mol. The highest BCUT2D eigenvalue weighted by Gasteiger charge is 2.18. The van der Waals surface area contributed by atoms with E-state index >= 15 is 0 Å². The number of aromatic nitrogens is 1. The van der Waals surface area contributed by atoms with E-state index in [0.717, 1.165) is 15.6 Å². The molecule has 1 aromatic carbocycles. The lowest BCUT2D eigenvalue weighted by atomic mass is 9.98. The first-order valence-corrected chi connectivity index (χ1v) is 8.14. The average Bonchev–Trinajstić information content (AvgIpc) is 2.85. The van der Waals surface area contributed by atoms with Crippen LogP contribution < -0.4 is 0 Å². The number of hydrogen-bond donors (Lipinski definition) is 1. The van der Waals surface area contributed by atoms with Crippen LogP contribution in [0.25, 0.3) is 0 Å². The molecule has 0 aliphatic heterocycles. The Morgan fingerprint density at radius 3 is 2.65 bits per heavy atom. The largest absolute Gasteiger partial charge is 0.478 e. The maximum absolute atomic E-state index is 11.1. The van der Waals surface area contributed by atoms with Gasteiger partial charge in [0.2, 0.25) is 0 Å². The number of aromatic carboxylic acids is 1. The molecule has 2 aromatic rings. The molecule has 0 fully saturated rings. The molecule has 1 heterocycles. The van der Waals surface area contributed by atoms with Crippen LogP contribution in [0.5, 0.6) is 0 Å². The van der Waals surface area contributed by atoms with Crippen molar-refractivity contribution in [3.63, 3.8) is 0 Å². The van der Waals surface area contributed by atoms with Crippen LogP contribution in [0.3, 0.4) is 0 Å². The van der Waals surface area contributed by atoms with E-state index in [4.69, 9.17) is 5.11 Å². The third kappa shape index (κ3) is 3.61. The topological polar surface area (TPSA) is 50.2 Å². The number of thiazole rings is 1. The van der Waals surface area contributed by atoms with Gasteiger partial charge in [-0.15, -0.1) is 23.1 Å². The van der Waals surface area contributed by atoms with Gasteiger partial charge in [-0.1, -0.05) is 32.9 Å². The van der Waals surface area contributed by atoms with Crippen molar-refractivity contribution in [1.82, 2.24) is 4.98 Å². The summed E-state index contributed by atoms with van der Waals surface area (Å²) >= 11 is 3.18. The predicted molar refractivity (Wildman–Crippen MR) is 83.8 cm³/mol. The fraction of sp³-hybridized carbons (Fsp3) is 0.333. The van der Waals surface area contributed by atoms with Gasteiger partial charge in [-0.25, -0.2) is 9.78 Å². The first-order valence-electron chi connectivity index (χ1n) is 6.28. The van der Waals surface area contributed by atoms with E-state index < -0.39 is 5.97 Å². The van der Waals surface area contributed by atoms with E-state index in [0.29, 0.717) is 11.3 Å². The summed E-state index contributed by atoms with van der Waals surface area (Å²) < 4.78 is 0. The van der Waals surface area contributed by atoms with E-state index in [2.05, 4.69) is 31.1 Å². The minimum absolute atomic E-state index is 0.0621. The van der Waals surface area contributed by atoms with Crippen molar-refractivity contribution in [2.24, 2.45) is 0 Å². The summed E-state index contributed by atoms with van der Waals surface area (Å²) in [6.07, 6.45) is 0. The van der Waals surface area contributed by atoms with Crippen LogP contribution in [0.1, 0.15) is 41.8 Å². The van der Waals surface area contributed by atoms with Crippen LogP contribution in [0, 0.1) is 0 Å². The van der Waals surface area contributed by atoms with Gasteiger partial charge in [0.1, 0.15) is 0 Å². The van der Waals surface area contributed by atoms with E-state index in [-0.39, 0.29) is 5.41 Å². The number of rotatable bonds is 4. The van der Waals surface area contributed by atoms with E-state index in [9.17, 15) is 4.79 Å². The second-order valence-electron chi connectivity index (χ2n) is 5.48. The number of carboxylic acids is 1. The fourth-order valence-corrected chi connectivity index (χ4v) is 3.59. The van der Waals surface area contributed by atoms with Gasteiger partial charge in [0.15, 0.2) is 0 Å². The molecule has 1 aromatic heterocycles. The first-order chi connectivity index (χ1) is 9.38. The standard InChI is InChI=1S/C15H17NO2S2/c1-15(2,3)14-16-10(9-20-14)8-19-12-7-5-4-6-11(12)13(17)18/h4-7,9H,8H2,1-3H3,(H,17,18). The average molecular weight is 307 g/mol. The zero-order valence-electron chi connectivity index (χ0n) is 11.7. The molecule has 0 spiro atoms. The Bertz CT molecular complexity index is 614. The van der Waals surface area contributed by atoms with Gasteiger partial charge in [-0.2, -0.15) is 0 Å². The molecule has 0 bridgehead atoms. The minimum atomic E-state index is -0.887. The predicted octanol–water partition coefficient (Wildman–Crippen LogP) is 4.43. The van der Waals surface area contributed by atoms with Gasteiger partial charge in [0, 0.05) is 21.4 Å². The maximum atomic E-state index is 11.1. The number of thioether (sulfide) groups is 1. The molecule has 2 rings (SSSR count). The molecular formula is C15H17NO2S2. The van der Waals surface area contributed by atoms with Crippen LogP contribution in [-0.2, 0) is 11.2 Å². The van der Waals surface area contributed by atoms with Crippen molar-refractivity contribution in [3.05, 3.63) is 45.9 Å². The Balaban J connectivity index is 2.10. The van der Waals surface area contributed by atoms with Crippen molar-refractivity contribution in [3.8, 4) is 0 Å². The minimum Gasteiger partial charge on any atom is -0.478 e. The van der Waals surface area contributed by atoms with Gasteiger partial charge in [-0.05, 0) is 12.1 Å². The van der Waals surface area contributed by atoms with Crippen molar-refractivity contribution in [2.75, 3.05) is 0 Å². The molecule has 0 amide bonds. The molecule has 5 heteroatoms. The molecule has 0 radical (unpaired) electrons. The Hall–Kier alpha value is -1.33. The summed E-state index contributed by atoms with van der Waals surface area (Å²) in [4.78, 5) is 16.5. The molecule has 20 heavy (non-hydrogen) atoms. The number of carbonyl (C=O) groups is 1. The normalized spacial score (nSPS) is 11.6. The highest BCUT2D eigenvalue weighted by Crippen LogP contribution is 2.30. The van der Waals surface area contributed by atoms with Crippen molar-refractivity contribution in [1.29, 1.82) is 0 Å². The molecule has 0 atom stereocenters. The molecule has 0 aliphatic rings. The van der Waals surface area contributed by atoms with Crippen LogP contribution in [0.15, 0.2) is 34.5 Å². The zero-order chi connectivity index (χ0) is 14.8. The van der Waals surface area contributed by atoms with Gasteiger partial charge in [0.05, 0.1) is 16.3 Å². The van der Waals surface area contributed by atoms with Crippen molar-refractivity contribution < 1.29 is 9.90 Å². The van der Waals surface area contributed by atoms with Crippen LogP contribution in [0.4, 0.5) is 0 Å². The van der Waals surface area contributed by atoms with Crippen molar-refractivity contribution >= 4 is 29.1 Å². The zero-order valence-corrected chi connectivity index (χ0v) is 13.3. The first kappa shape index (κ1) is 15.1. The molecule has 0 saturated carbocycles. The molecule has 1 N–H and O–H groups in total. The molecule has 3 nitrogen and oxygen atoms in total. The quantitative estimate of drug-likeness (QED) is 0.849. The summed E-state index contributed by atoms with van der Waals surface area (Å²) in [7, 11) is 0. The Kier molecular flexibility index (Phi) is 4.50. The summed E-state index contributed by atoms with van der Waals surface area (Å²) in [5, 5.41) is 12.3. The lowest BCUT2D eigenvalue weighted by Gasteiger charge is -2.13. The molecule has 0 aliphatic carbocycles. The molecular weight excluding hydrogens is 290 g/mol. The lowest BCUT2D eigenvalue weighted by molar-refractivity contribution is 0.0693. The van der Waals surface area contributed by atoms with Gasteiger partial charge >= 0.3 is 5.97 Å². The fourth-order valence-electron chi connectivity index (χ4n) is 1.64. The highest BCUT2D eigenvalue weighted by molar-refractivity contribution is 7.98. The lowest BCUT2D eigenvalue weighted by Crippen LogP contribution is -2.10. The second kappa shape index (κ2) is 5.97. The van der Waals surface area contributed by atoms with Crippen LogP contribution >= 0.6 is 23.1 Å².